The van der Waals surface area contributed by atoms with Crippen molar-refractivity contribution in [3.8, 4) is 0 Å². The number of ketones is 2. The van der Waals surface area contributed by atoms with Gasteiger partial charge in [-0.25, -0.2) is 0 Å². The number of hydrogen-bond donors (Lipinski definition) is 1. The molecular formula is C26H39NO2. The molecule has 0 aliphatic heterocycles. The molecule has 2 N–H and O–H groups in total. The van der Waals surface area contributed by atoms with Gasteiger partial charge >= 0.3 is 0 Å². The van der Waals surface area contributed by atoms with Crippen molar-refractivity contribution in [1.29, 1.82) is 0 Å². The lowest BCUT2D eigenvalue weighted by Gasteiger charge is -2.50. The molecule has 0 spiro atoms. The summed E-state index contributed by atoms with van der Waals surface area (Å²) in [5, 5.41) is 2.16. The summed E-state index contributed by atoms with van der Waals surface area (Å²) in [4.78, 5) is 22.7. The molecule has 3 saturated carbocycles. The van der Waals surface area contributed by atoms with Gasteiger partial charge in [0.05, 0.1) is 0 Å². The minimum atomic E-state index is 0.0428. The molecule has 0 saturated heterocycles. The fourth-order valence-electron chi connectivity index (χ4n) is 4.28. The van der Waals surface area contributed by atoms with Gasteiger partial charge in [-0.15, -0.1) is 0 Å². The molecule has 3 heteroatoms. The molecule has 2 aromatic rings. The number of rotatable bonds is 2. The molecule has 160 valence electrons. The normalized spacial score (nSPS) is 24.1. The Morgan fingerprint density at radius 1 is 0.759 bits per heavy atom. The number of nitrogens with two attached hydrogens (primary N) is 1. The Morgan fingerprint density at radius 2 is 1.24 bits per heavy atom. The van der Waals surface area contributed by atoms with E-state index < -0.39 is 0 Å². The Labute approximate surface area is 177 Å². The van der Waals surface area contributed by atoms with Gasteiger partial charge in [-0.05, 0) is 63.1 Å². The zero-order valence-corrected chi connectivity index (χ0v) is 19.2. The SMILES string of the molecule is CC.CC.CC(=O)C12CCC(N)(CC1)CC2.CC(=O)c1cccc2ccccc12. The summed E-state index contributed by atoms with van der Waals surface area (Å²) in [5.74, 6) is 0.515. The number of fused-ring (bicyclic) bond motifs is 4. The molecule has 5 rings (SSSR count). The zero-order valence-electron chi connectivity index (χ0n) is 19.2. The van der Waals surface area contributed by atoms with Crippen LogP contribution >= 0.6 is 0 Å². The summed E-state index contributed by atoms with van der Waals surface area (Å²) in [6, 6.07) is 13.7. The van der Waals surface area contributed by atoms with Crippen LogP contribution in [0, 0.1) is 5.41 Å². The zero-order chi connectivity index (χ0) is 22.1. The van der Waals surface area contributed by atoms with Crippen LogP contribution in [0.4, 0.5) is 0 Å². The number of carbonyl (C=O) groups is 2. The van der Waals surface area contributed by atoms with Crippen LogP contribution < -0.4 is 5.73 Å². The second-order valence-corrected chi connectivity index (χ2v) is 7.78. The van der Waals surface area contributed by atoms with Gasteiger partial charge < -0.3 is 5.73 Å². The highest BCUT2D eigenvalue weighted by molar-refractivity contribution is 6.06. The molecule has 0 amide bonds. The van der Waals surface area contributed by atoms with Gasteiger partial charge in [-0.1, -0.05) is 70.2 Å². The predicted octanol–water partition coefficient (Wildman–Crippen LogP) is 6.72. The molecular weight excluding hydrogens is 358 g/mol. The molecule has 2 aromatic carbocycles. The molecule has 2 bridgehead atoms. The highest BCUT2D eigenvalue weighted by atomic mass is 16.1. The van der Waals surface area contributed by atoms with Crippen LogP contribution in [0.1, 0.15) is 90.4 Å². The van der Waals surface area contributed by atoms with Crippen LogP contribution in [0.5, 0.6) is 0 Å². The molecule has 29 heavy (non-hydrogen) atoms. The van der Waals surface area contributed by atoms with Crippen molar-refractivity contribution in [1.82, 2.24) is 0 Å². The second-order valence-electron chi connectivity index (χ2n) is 7.78. The van der Waals surface area contributed by atoms with Gasteiger partial charge in [0.15, 0.2) is 5.78 Å². The number of hydrogen-bond acceptors (Lipinski definition) is 3. The van der Waals surface area contributed by atoms with E-state index in [-0.39, 0.29) is 16.7 Å². The molecule has 3 nitrogen and oxygen atoms in total. The maximum atomic E-state index is 11.4. The van der Waals surface area contributed by atoms with Gasteiger partial charge in [0.25, 0.3) is 0 Å². The van der Waals surface area contributed by atoms with Crippen LogP contribution in [0.25, 0.3) is 10.8 Å². The fraction of sp³-hybridized carbons (Fsp3) is 0.538. The van der Waals surface area contributed by atoms with Crippen molar-refractivity contribution >= 4 is 22.3 Å². The topological polar surface area (TPSA) is 60.2 Å². The van der Waals surface area contributed by atoms with E-state index in [2.05, 4.69) is 0 Å². The van der Waals surface area contributed by atoms with Crippen molar-refractivity contribution in [3.05, 3.63) is 48.0 Å². The molecule has 3 aliphatic rings. The first kappa shape index (κ1) is 25.0. The van der Waals surface area contributed by atoms with Crippen LogP contribution in [0.3, 0.4) is 0 Å². The summed E-state index contributed by atoms with van der Waals surface area (Å²) >= 11 is 0. The fourth-order valence-corrected chi connectivity index (χ4v) is 4.28. The van der Waals surface area contributed by atoms with Crippen molar-refractivity contribution in [3.63, 3.8) is 0 Å². The van der Waals surface area contributed by atoms with Crippen LogP contribution in [0.2, 0.25) is 0 Å². The molecule has 0 aromatic heterocycles. The van der Waals surface area contributed by atoms with E-state index in [9.17, 15) is 9.59 Å². The van der Waals surface area contributed by atoms with Gasteiger partial charge in [-0.2, -0.15) is 0 Å². The quantitative estimate of drug-likeness (QED) is 0.572. The van der Waals surface area contributed by atoms with E-state index in [0.717, 1.165) is 54.9 Å². The lowest BCUT2D eigenvalue weighted by atomic mass is 9.56. The van der Waals surface area contributed by atoms with Crippen LogP contribution in [0.15, 0.2) is 42.5 Å². The van der Waals surface area contributed by atoms with Gasteiger partial charge in [0, 0.05) is 16.5 Å². The minimum Gasteiger partial charge on any atom is -0.325 e. The number of Topliss-reactive ketones (excluding diaryl/α,β-unsaturated/α-hetero) is 2. The molecule has 0 atom stereocenters. The van der Waals surface area contributed by atoms with Gasteiger partial charge in [-0.3, -0.25) is 9.59 Å². The van der Waals surface area contributed by atoms with E-state index in [1.807, 2.05) is 70.2 Å². The second kappa shape index (κ2) is 11.3. The Morgan fingerprint density at radius 3 is 1.72 bits per heavy atom. The minimum absolute atomic E-state index is 0.0428. The number of carbonyl (C=O) groups excluding carboxylic acids is 2. The smallest absolute Gasteiger partial charge is 0.160 e. The molecule has 3 aliphatic carbocycles. The Hall–Kier alpha value is -2.00. The predicted molar refractivity (Wildman–Crippen MR) is 124 cm³/mol. The lowest BCUT2D eigenvalue weighted by molar-refractivity contribution is -0.132. The first-order valence-electron chi connectivity index (χ1n) is 11.1. The molecule has 0 heterocycles. The molecule has 3 fully saturated rings. The van der Waals surface area contributed by atoms with E-state index >= 15 is 0 Å². The number of benzene rings is 2. The summed E-state index contributed by atoms with van der Waals surface area (Å²) < 4.78 is 0. The Kier molecular flexibility index (Phi) is 9.72. The van der Waals surface area contributed by atoms with Crippen molar-refractivity contribution in [2.45, 2.75) is 85.6 Å². The third kappa shape index (κ3) is 5.99. The summed E-state index contributed by atoms with van der Waals surface area (Å²) in [5.41, 5.74) is 7.09. The molecule has 0 radical (unpaired) electrons. The molecule has 0 unspecified atom stereocenters. The summed E-state index contributed by atoms with van der Waals surface area (Å²) in [7, 11) is 0. The Balaban J connectivity index is 0.000000248. The maximum absolute atomic E-state index is 11.4. The van der Waals surface area contributed by atoms with Gasteiger partial charge in [0.2, 0.25) is 0 Å². The highest BCUT2D eigenvalue weighted by Crippen LogP contribution is 2.51. The highest BCUT2D eigenvalue weighted by Gasteiger charge is 2.48. The van der Waals surface area contributed by atoms with Crippen molar-refractivity contribution in [2.24, 2.45) is 11.1 Å². The average Bonchev–Trinajstić information content (AvgIpc) is 2.77. The first-order chi connectivity index (χ1) is 13.9. The van der Waals surface area contributed by atoms with E-state index in [4.69, 9.17) is 5.73 Å². The van der Waals surface area contributed by atoms with E-state index in [1.165, 1.54) is 0 Å². The first-order valence-corrected chi connectivity index (χ1v) is 11.1. The van der Waals surface area contributed by atoms with E-state index in [1.54, 1.807) is 13.8 Å². The lowest BCUT2D eigenvalue weighted by Crippen LogP contribution is -2.53. The van der Waals surface area contributed by atoms with Crippen LogP contribution in [-0.2, 0) is 4.79 Å². The third-order valence-corrected chi connectivity index (χ3v) is 6.22. The van der Waals surface area contributed by atoms with Crippen molar-refractivity contribution in [2.75, 3.05) is 0 Å². The summed E-state index contributed by atoms with van der Waals surface area (Å²) in [6.07, 6.45) is 6.31. The maximum Gasteiger partial charge on any atom is 0.160 e. The monoisotopic (exact) mass is 397 g/mol. The van der Waals surface area contributed by atoms with E-state index in [0.29, 0.717) is 5.78 Å². The average molecular weight is 398 g/mol. The van der Waals surface area contributed by atoms with Crippen molar-refractivity contribution < 1.29 is 9.59 Å². The van der Waals surface area contributed by atoms with Crippen LogP contribution in [-0.4, -0.2) is 17.1 Å². The third-order valence-electron chi connectivity index (χ3n) is 6.22. The summed E-state index contributed by atoms with van der Waals surface area (Å²) in [6.45, 7) is 11.3. The largest absolute Gasteiger partial charge is 0.325 e. The Bertz CT molecular complexity index is 779. The van der Waals surface area contributed by atoms with Gasteiger partial charge in [0.1, 0.15) is 5.78 Å². The standard InChI is InChI=1S/C12H10O.C10H17NO.2C2H6/c1-9(13)11-8-4-6-10-5-2-3-7-12(10)11;1-8(12)9-2-5-10(11,6-3-9)7-4-9;2*1-2/h2-8H,1H3;2-7,11H2,1H3;2*1-2H3.